The van der Waals surface area contributed by atoms with E-state index in [9.17, 15) is 28.8 Å². The molecule has 2 heterocycles. The van der Waals surface area contributed by atoms with Crippen molar-refractivity contribution >= 4 is 29.1 Å². The minimum Gasteiger partial charge on any atom is -0.481 e. The van der Waals surface area contributed by atoms with E-state index >= 15 is 0 Å². The van der Waals surface area contributed by atoms with Crippen LogP contribution in [0.4, 0.5) is 0 Å². The second kappa shape index (κ2) is 8.25. The number of aliphatic carboxylic acids is 3. The summed E-state index contributed by atoms with van der Waals surface area (Å²) in [6, 6.07) is 0. The molecule has 0 bridgehead atoms. The number of nitrogens with zero attached hydrogens (tertiary/aromatic N) is 5. The maximum absolute atomic E-state index is 12.7. The van der Waals surface area contributed by atoms with Gasteiger partial charge in [0.2, 0.25) is 0 Å². The highest BCUT2D eigenvalue weighted by Crippen LogP contribution is 2.10. The lowest BCUT2D eigenvalue weighted by atomic mass is 10.4. The summed E-state index contributed by atoms with van der Waals surface area (Å²) in [7, 11) is 0. The van der Waals surface area contributed by atoms with Crippen molar-refractivity contribution in [1.29, 1.82) is 0 Å². The van der Waals surface area contributed by atoms with Crippen LogP contribution in [0.5, 0.6) is 0 Å². The molecule has 0 aliphatic carbocycles. The molecule has 0 atom stereocenters. The summed E-state index contributed by atoms with van der Waals surface area (Å²) >= 11 is 0. The van der Waals surface area contributed by atoms with Crippen molar-refractivity contribution in [2.24, 2.45) is 0 Å². The summed E-state index contributed by atoms with van der Waals surface area (Å²) in [6.07, 6.45) is -1.71. The third-order valence-corrected chi connectivity index (χ3v) is 4.01. The summed E-state index contributed by atoms with van der Waals surface area (Å²) in [5.41, 5.74) is -4.19. The molecule has 14 nitrogen and oxygen atoms in total. The zero-order chi connectivity index (χ0) is 21.9. The number of rotatable bonds is 9. The fraction of sp³-hybridized carbons (Fsp3) is 0.400. The molecule has 0 spiro atoms. The van der Waals surface area contributed by atoms with Gasteiger partial charge in [-0.1, -0.05) is 0 Å². The second-order valence-electron chi connectivity index (χ2n) is 5.84. The number of imidazole rings is 1. The average Bonchev–Trinajstić information content (AvgIpc) is 2.90. The maximum atomic E-state index is 12.7. The molecule has 0 saturated carbocycles. The SMILES string of the molecule is [C-]#[N+]n1c(=O)c2c(n(CCC(=O)O)c1=O)n(CCC(=O)O)c(=O)n2CCC(=O)O. The smallest absolute Gasteiger partial charge is 0.401 e. The number of carboxylic acid groups (broad SMARTS) is 3. The Morgan fingerprint density at radius 2 is 1.17 bits per heavy atom. The van der Waals surface area contributed by atoms with Crippen LogP contribution in [-0.2, 0) is 34.0 Å². The van der Waals surface area contributed by atoms with Gasteiger partial charge >= 0.3 is 34.8 Å². The average molecular weight is 409 g/mol. The summed E-state index contributed by atoms with van der Waals surface area (Å²) in [4.78, 5) is 73.4. The van der Waals surface area contributed by atoms with Crippen LogP contribution in [0.25, 0.3) is 16.1 Å². The van der Waals surface area contributed by atoms with E-state index in [1.165, 1.54) is 0 Å². The van der Waals surface area contributed by atoms with Crippen molar-refractivity contribution < 1.29 is 29.7 Å². The van der Waals surface area contributed by atoms with Crippen LogP contribution in [0.1, 0.15) is 19.3 Å². The van der Waals surface area contributed by atoms with Gasteiger partial charge in [-0.25, -0.2) is 9.59 Å². The van der Waals surface area contributed by atoms with Crippen molar-refractivity contribution in [2.45, 2.75) is 38.9 Å². The van der Waals surface area contributed by atoms with E-state index in [-0.39, 0.29) is 10.3 Å². The van der Waals surface area contributed by atoms with Gasteiger partial charge in [0.05, 0.1) is 23.9 Å². The van der Waals surface area contributed by atoms with Crippen LogP contribution in [0.2, 0.25) is 0 Å². The topological polar surface area (TPSA) is 187 Å². The third kappa shape index (κ3) is 4.08. The lowest BCUT2D eigenvalue weighted by molar-refractivity contribution is -0.138. The molecule has 29 heavy (non-hydrogen) atoms. The van der Waals surface area contributed by atoms with E-state index in [0.717, 1.165) is 13.7 Å². The van der Waals surface area contributed by atoms with Crippen LogP contribution in [0.15, 0.2) is 14.4 Å². The molecule has 2 aromatic rings. The molecule has 3 N–H and O–H groups in total. The molecular weight excluding hydrogens is 394 g/mol. The minimum atomic E-state index is -1.30. The Labute approximate surface area is 159 Å². The van der Waals surface area contributed by atoms with E-state index < -0.39 is 79.3 Å². The van der Waals surface area contributed by atoms with Crippen molar-refractivity contribution in [1.82, 2.24) is 18.4 Å². The second-order valence-corrected chi connectivity index (χ2v) is 5.84. The molecule has 0 amide bonds. The molecule has 0 radical (unpaired) electrons. The van der Waals surface area contributed by atoms with Crippen LogP contribution in [0, 0.1) is 6.57 Å². The lowest BCUT2D eigenvalue weighted by Crippen LogP contribution is -2.38. The fourth-order valence-electron chi connectivity index (χ4n) is 2.78. The van der Waals surface area contributed by atoms with E-state index in [1.54, 1.807) is 0 Å². The highest BCUT2D eigenvalue weighted by molar-refractivity contribution is 5.73. The highest BCUT2D eigenvalue weighted by Gasteiger charge is 2.26. The van der Waals surface area contributed by atoms with Crippen molar-refractivity contribution in [2.75, 3.05) is 0 Å². The molecule has 0 saturated heterocycles. The first kappa shape index (κ1) is 21.2. The first-order valence-corrected chi connectivity index (χ1v) is 8.12. The molecule has 14 heteroatoms. The van der Waals surface area contributed by atoms with Crippen LogP contribution in [0.3, 0.4) is 0 Å². The minimum absolute atomic E-state index is 0.0996. The van der Waals surface area contributed by atoms with E-state index in [4.69, 9.17) is 21.9 Å². The largest absolute Gasteiger partial charge is 0.481 e. The van der Waals surface area contributed by atoms with E-state index in [1.807, 2.05) is 0 Å². The van der Waals surface area contributed by atoms with Gasteiger partial charge < -0.3 is 15.3 Å². The molecule has 2 aromatic heterocycles. The van der Waals surface area contributed by atoms with Crippen LogP contribution >= 0.6 is 0 Å². The Morgan fingerprint density at radius 1 is 0.759 bits per heavy atom. The van der Waals surface area contributed by atoms with E-state index in [2.05, 4.69) is 4.95 Å². The Kier molecular flexibility index (Phi) is 6.02. The van der Waals surface area contributed by atoms with Gasteiger partial charge in [0.15, 0.2) is 11.2 Å². The number of fused-ring (bicyclic) bond motifs is 1. The van der Waals surface area contributed by atoms with E-state index in [0.29, 0.717) is 0 Å². The van der Waals surface area contributed by atoms with Gasteiger partial charge in [-0.05, 0) is 0 Å². The zero-order valence-electron chi connectivity index (χ0n) is 14.8. The number of hydrogen-bond acceptors (Lipinski definition) is 6. The summed E-state index contributed by atoms with van der Waals surface area (Å²) in [5, 5.41) is 26.7. The zero-order valence-corrected chi connectivity index (χ0v) is 14.8. The number of aryl methyl sites for hydroxylation is 3. The van der Waals surface area contributed by atoms with Crippen molar-refractivity contribution in [3.8, 4) is 0 Å². The van der Waals surface area contributed by atoms with Gasteiger partial charge in [-0.15, -0.1) is 4.95 Å². The number of carbonyl (C=O) groups is 3. The van der Waals surface area contributed by atoms with Gasteiger partial charge in [-0.3, -0.25) is 32.9 Å². The predicted octanol–water partition coefficient (Wildman–Crippen LogP) is -1.77. The maximum Gasteiger partial charge on any atom is 0.401 e. The third-order valence-electron chi connectivity index (χ3n) is 4.01. The number of hydrogen-bond donors (Lipinski definition) is 3. The summed E-state index contributed by atoms with van der Waals surface area (Å²) in [6.45, 7) is 5.60. The van der Waals surface area contributed by atoms with Gasteiger partial charge in [0.1, 0.15) is 0 Å². The molecule has 0 aliphatic heterocycles. The van der Waals surface area contributed by atoms with Gasteiger partial charge in [-0.2, -0.15) is 6.57 Å². The Bertz CT molecular complexity index is 1220. The van der Waals surface area contributed by atoms with Crippen molar-refractivity contribution in [3.05, 3.63) is 42.8 Å². The Balaban J connectivity index is 2.95. The van der Waals surface area contributed by atoms with Gasteiger partial charge in [0, 0.05) is 19.6 Å². The molecule has 2 rings (SSSR count). The highest BCUT2D eigenvalue weighted by atomic mass is 16.4. The molecule has 154 valence electrons. The molecule has 0 fully saturated rings. The monoisotopic (exact) mass is 409 g/mol. The fourth-order valence-corrected chi connectivity index (χ4v) is 2.78. The van der Waals surface area contributed by atoms with Gasteiger partial charge in [0.25, 0.3) is 0 Å². The van der Waals surface area contributed by atoms with Crippen molar-refractivity contribution in [3.63, 3.8) is 0 Å². The van der Waals surface area contributed by atoms with Crippen LogP contribution < -0.4 is 16.9 Å². The first-order chi connectivity index (χ1) is 13.6. The predicted molar refractivity (Wildman–Crippen MR) is 93.5 cm³/mol. The summed E-state index contributed by atoms with van der Waals surface area (Å²) < 4.78 is 2.36. The number of aromatic nitrogens is 4. The molecular formula is C15H15N5O9. The summed E-state index contributed by atoms with van der Waals surface area (Å²) in [5.74, 6) is -3.86. The molecule has 0 unspecified atom stereocenters. The number of carboxylic acids is 3. The Hall–Kier alpha value is -4.15. The quantitative estimate of drug-likeness (QED) is 0.403. The van der Waals surface area contributed by atoms with Crippen LogP contribution in [-0.4, -0.2) is 51.6 Å². The standard InChI is InChI=1S/C15H15N5O9/c1-16-20-13(27)11-12(19(15(20)29)7-4-10(25)26)18(6-3-9(23)24)14(28)17(11)5-2-8(21)22/h2-7H2,(H,21,22)(H,23,24)(H,25,26). The lowest BCUT2D eigenvalue weighted by Gasteiger charge is -2.08. The normalized spacial score (nSPS) is 10.7. The molecule has 0 aliphatic rings. The molecule has 0 aromatic carbocycles. The Morgan fingerprint density at radius 3 is 1.59 bits per heavy atom. The first-order valence-electron chi connectivity index (χ1n) is 8.12.